The lowest BCUT2D eigenvalue weighted by Crippen LogP contribution is -2.31. The predicted molar refractivity (Wildman–Crippen MR) is 123 cm³/mol. The number of anilines is 2. The first-order valence-electron chi connectivity index (χ1n) is 11.0. The number of carbonyl (C=O) groups excluding carboxylic acids is 1. The molecule has 3 aromatic rings. The Labute approximate surface area is 196 Å². The van der Waals surface area contributed by atoms with E-state index in [9.17, 15) is 10.1 Å². The van der Waals surface area contributed by atoms with Crippen molar-refractivity contribution in [3.63, 3.8) is 0 Å². The average molecular weight is 460 g/mol. The van der Waals surface area contributed by atoms with Crippen molar-refractivity contribution in [2.45, 2.75) is 12.5 Å². The molecule has 0 aliphatic carbocycles. The van der Waals surface area contributed by atoms with Crippen molar-refractivity contribution in [3.05, 3.63) is 54.0 Å². The summed E-state index contributed by atoms with van der Waals surface area (Å²) in [6.45, 7) is 2.26. The molecule has 1 fully saturated rings. The maximum atomic E-state index is 12.7. The molecule has 0 N–H and O–H groups in total. The fourth-order valence-electron chi connectivity index (χ4n) is 4.29. The Morgan fingerprint density at radius 3 is 2.91 bits per heavy atom. The standard InChI is InChI=1S/C24H24N6O4/c1-28-14-17(12-27-28)24(31)29-6-5-20(15-29)34-19-3-4-22-21(10-19)30(7-8-33-22)18-9-16(11-25)23(32-2)26-13-18/h3-4,9-10,12-14,20H,5-8,15H2,1-2H3/t20-/m0/s1. The molecule has 0 radical (unpaired) electrons. The third-order valence-corrected chi connectivity index (χ3v) is 5.94. The minimum Gasteiger partial charge on any atom is -0.490 e. The number of methoxy groups -OCH3 is 1. The van der Waals surface area contributed by atoms with E-state index in [-0.39, 0.29) is 12.0 Å². The molecule has 174 valence electrons. The Kier molecular flexibility index (Phi) is 5.67. The number of aryl methyl sites for hydroxylation is 1. The van der Waals surface area contributed by atoms with Crippen LogP contribution < -0.4 is 19.1 Å². The van der Waals surface area contributed by atoms with Crippen LogP contribution in [0.25, 0.3) is 0 Å². The molecular formula is C24H24N6O4. The predicted octanol–water partition coefficient (Wildman–Crippen LogP) is 2.52. The number of benzene rings is 1. The number of likely N-dealkylation sites (tertiary alicyclic amines) is 1. The van der Waals surface area contributed by atoms with E-state index in [1.165, 1.54) is 7.11 Å². The van der Waals surface area contributed by atoms with E-state index < -0.39 is 0 Å². The molecule has 2 aliphatic rings. The Hall–Kier alpha value is -4.26. The van der Waals surface area contributed by atoms with Crippen LogP contribution in [0.4, 0.5) is 11.4 Å². The van der Waals surface area contributed by atoms with E-state index in [1.807, 2.05) is 23.1 Å². The Morgan fingerprint density at radius 1 is 1.26 bits per heavy atom. The van der Waals surface area contributed by atoms with Crippen molar-refractivity contribution in [1.82, 2.24) is 19.7 Å². The lowest BCUT2D eigenvalue weighted by Gasteiger charge is -2.31. The quantitative estimate of drug-likeness (QED) is 0.572. The highest BCUT2D eigenvalue weighted by Crippen LogP contribution is 2.40. The largest absolute Gasteiger partial charge is 0.490 e. The molecule has 0 unspecified atom stereocenters. The van der Waals surface area contributed by atoms with Crippen LogP contribution in [0.5, 0.6) is 17.4 Å². The van der Waals surface area contributed by atoms with Gasteiger partial charge in [0.25, 0.3) is 5.91 Å². The summed E-state index contributed by atoms with van der Waals surface area (Å²) < 4.78 is 18.9. The van der Waals surface area contributed by atoms with Gasteiger partial charge in [0.2, 0.25) is 5.88 Å². The van der Waals surface area contributed by atoms with Gasteiger partial charge in [-0.3, -0.25) is 9.48 Å². The molecule has 10 heteroatoms. The molecule has 1 saturated heterocycles. The summed E-state index contributed by atoms with van der Waals surface area (Å²) in [6.07, 6.45) is 5.63. The van der Waals surface area contributed by atoms with Crippen molar-refractivity contribution >= 4 is 17.3 Å². The molecule has 0 saturated carbocycles. The van der Waals surface area contributed by atoms with Crippen molar-refractivity contribution in [2.75, 3.05) is 38.3 Å². The Balaban J connectivity index is 1.33. The first-order chi connectivity index (χ1) is 16.6. The Bertz CT molecular complexity index is 1270. The summed E-state index contributed by atoms with van der Waals surface area (Å²) in [4.78, 5) is 20.8. The summed E-state index contributed by atoms with van der Waals surface area (Å²) in [7, 11) is 3.28. The minimum atomic E-state index is -0.107. The van der Waals surface area contributed by atoms with Gasteiger partial charge >= 0.3 is 0 Å². The summed E-state index contributed by atoms with van der Waals surface area (Å²) in [5, 5.41) is 13.5. The third-order valence-electron chi connectivity index (χ3n) is 5.94. The topological polar surface area (TPSA) is 106 Å². The molecule has 34 heavy (non-hydrogen) atoms. The maximum absolute atomic E-state index is 12.7. The van der Waals surface area contributed by atoms with Crippen molar-refractivity contribution in [3.8, 4) is 23.4 Å². The molecule has 4 heterocycles. The second kappa shape index (κ2) is 8.94. The van der Waals surface area contributed by atoms with Crippen molar-refractivity contribution in [1.29, 1.82) is 5.26 Å². The molecule has 2 aliphatic heterocycles. The molecular weight excluding hydrogens is 436 g/mol. The van der Waals surface area contributed by atoms with Crippen LogP contribution in [-0.2, 0) is 7.05 Å². The van der Waals surface area contributed by atoms with Gasteiger partial charge in [0.15, 0.2) is 0 Å². The molecule has 2 aromatic heterocycles. The number of nitriles is 1. The average Bonchev–Trinajstić information content (AvgIpc) is 3.52. The molecule has 0 bridgehead atoms. The van der Waals surface area contributed by atoms with E-state index >= 15 is 0 Å². The molecule has 1 aromatic carbocycles. The van der Waals surface area contributed by atoms with Gasteiger partial charge in [-0.2, -0.15) is 10.4 Å². The molecule has 0 spiro atoms. The number of nitrogens with zero attached hydrogens (tertiary/aromatic N) is 6. The van der Waals surface area contributed by atoms with Gasteiger partial charge in [0.1, 0.15) is 35.8 Å². The summed E-state index contributed by atoms with van der Waals surface area (Å²) in [5.74, 6) is 1.68. The number of hydrogen-bond donors (Lipinski definition) is 0. The second-order valence-corrected chi connectivity index (χ2v) is 8.17. The number of amides is 1. The second-order valence-electron chi connectivity index (χ2n) is 8.17. The zero-order valence-electron chi connectivity index (χ0n) is 19.0. The van der Waals surface area contributed by atoms with Gasteiger partial charge in [0.05, 0.1) is 49.5 Å². The van der Waals surface area contributed by atoms with Crippen molar-refractivity contribution in [2.24, 2.45) is 7.05 Å². The lowest BCUT2D eigenvalue weighted by atomic mass is 10.2. The first-order valence-corrected chi connectivity index (χ1v) is 11.0. The minimum absolute atomic E-state index is 0.0375. The fraction of sp³-hybridized carbons (Fsp3) is 0.333. The zero-order chi connectivity index (χ0) is 23.7. The van der Waals surface area contributed by atoms with E-state index in [2.05, 4.69) is 16.2 Å². The number of aromatic nitrogens is 3. The zero-order valence-corrected chi connectivity index (χ0v) is 19.0. The van der Waals surface area contributed by atoms with Crippen LogP contribution in [0.2, 0.25) is 0 Å². The van der Waals surface area contributed by atoms with Gasteiger partial charge in [0, 0.05) is 32.3 Å². The van der Waals surface area contributed by atoms with E-state index in [0.717, 1.165) is 23.5 Å². The molecule has 1 amide bonds. The van der Waals surface area contributed by atoms with E-state index in [0.29, 0.717) is 49.0 Å². The van der Waals surface area contributed by atoms with E-state index in [4.69, 9.17) is 14.2 Å². The van der Waals surface area contributed by atoms with Crippen LogP contribution in [0.15, 0.2) is 42.9 Å². The number of hydrogen-bond acceptors (Lipinski definition) is 8. The summed E-state index contributed by atoms with van der Waals surface area (Å²) >= 11 is 0. The number of ether oxygens (including phenoxy) is 3. The summed E-state index contributed by atoms with van der Waals surface area (Å²) in [5.41, 5.74) is 2.55. The van der Waals surface area contributed by atoms with E-state index in [1.54, 1.807) is 41.3 Å². The third kappa shape index (κ3) is 4.08. The van der Waals surface area contributed by atoms with Crippen LogP contribution in [0.1, 0.15) is 22.3 Å². The van der Waals surface area contributed by atoms with Gasteiger partial charge in [-0.05, 0) is 18.2 Å². The SMILES string of the molecule is COc1ncc(N2CCOc3ccc(O[C@H]4CCN(C(=O)c5cnn(C)c5)C4)cc32)cc1C#N. The van der Waals surface area contributed by atoms with Crippen molar-refractivity contribution < 1.29 is 19.0 Å². The fourth-order valence-corrected chi connectivity index (χ4v) is 4.29. The maximum Gasteiger partial charge on any atom is 0.257 e. The van der Waals surface area contributed by atoms with Crippen LogP contribution in [0, 0.1) is 11.3 Å². The van der Waals surface area contributed by atoms with Crippen LogP contribution in [0.3, 0.4) is 0 Å². The normalized spacial score (nSPS) is 17.0. The van der Waals surface area contributed by atoms with Crippen LogP contribution in [-0.4, -0.2) is 65.0 Å². The highest BCUT2D eigenvalue weighted by atomic mass is 16.5. The Morgan fingerprint density at radius 2 is 2.15 bits per heavy atom. The van der Waals surface area contributed by atoms with Crippen LogP contribution >= 0.6 is 0 Å². The number of carbonyl (C=O) groups is 1. The number of pyridine rings is 1. The van der Waals surface area contributed by atoms with Gasteiger partial charge in [-0.15, -0.1) is 0 Å². The first kappa shape index (κ1) is 21.6. The monoisotopic (exact) mass is 460 g/mol. The highest BCUT2D eigenvalue weighted by molar-refractivity contribution is 5.93. The van der Waals surface area contributed by atoms with Gasteiger partial charge in [-0.1, -0.05) is 0 Å². The van der Waals surface area contributed by atoms with Gasteiger partial charge < -0.3 is 24.0 Å². The highest BCUT2D eigenvalue weighted by Gasteiger charge is 2.29. The number of rotatable bonds is 5. The lowest BCUT2D eigenvalue weighted by molar-refractivity contribution is 0.0772. The summed E-state index contributed by atoms with van der Waals surface area (Å²) in [6, 6.07) is 9.57. The van der Waals surface area contributed by atoms with Gasteiger partial charge in [-0.25, -0.2) is 4.98 Å². The number of fused-ring (bicyclic) bond motifs is 1. The molecule has 5 rings (SSSR count). The molecule has 1 atom stereocenters. The molecule has 10 nitrogen and oxygen atoms in total. The smallest absolute Gasteiger partial charge is 0.257 e.